The molecule has 0 aliphatic rings. The minimum Gasteiger partial charge on any atom is -0.398 e. The normalized spacial score (nSPS) is 12.6. The van der Waals surface area contributed by atoms with Crippen molar-refractivity contribution in [2.45, 2.75) is 20.8 Å². The molecule has 0 saturated carbocycles. The van der Waals surface area contributed by atoms with E-state index in [9.17, 15) is 4.79 Å². The van der Waals surface area contributed by atoms with Crippen LogP contribution in [0.4, 0.5) is 5.69 Å². The van der Waals surface area contributed by atoms with Crippen LogP contribution >= 0.6 is 0 Å². The third-order valence-electron chi connectivity index (χ3n) is 3.74. The first kappa shape index (κ1) is 20.1. The topological polar surface area (TPSA) is 93.2 Å². The van der Waals surface area contributed by atoms with Crippen molar-refractivity contribution in [2.24, 2.45) is 16.9 Å². The van der Waals surface area contributed by atoms with Gasteiger partial charge in [-0.3, -0.25) is 4.79 Å². The van der Waals surface area contributed by atoms with Gasteiger partial charge in [-0.25, -0.2) is 0 Å². The summed E-state index contributed by atoms with van der Waals surface area (Å²) in [4.78, 5) is 12.3. The Bertz CT molecular complexity index is 843. The van der Waals surface area contributed by atoms with Gasteiger partial charge in [-0.05, 0) is 41.3 Å². The van der Waals surface area contributed by atoms with E-state index in [1.807, 2.05) is 42.5 Å². The summed E-state index contributed by atoms with van der Waals surface area (Å²) in [5.74, 6) is 0.325. The quantitative estimate of drug-likeness (QED) is 0.576. The third-order valence-corrected chi connectivity index (χ3v) is 3.74. The van der Waals surface area contributed by atoms with E-state index in [0.717, 1.165) is 11.3 Å². The van der Waals surface area contributed by atoms with Gasteiger partial charge in [0, 0.05) is 26.3 Å². The molecule has 0 spiro atoms. The molecule has 0 unspecified atom stereocenters. The average Bonchev–Trinajstić information content (AvgIpc) is 2.64. The molecule has 0 saturated heterocycles. The Morgan fingerprint density at radius 1 is 1.00 bits per heavy atom. The van der Waals surface area contributed by atoms with Crippen LogP contribution in [0.2, 0.25) is 0 Å². The molecule has 0 aliphatic heterocycles. The summed E-state index contributed by atoms with van der Waals surface area (Å²) in [6.07, 6.45) is 3.45. The maximum absolute atomic E-state index is 12.3. The van der Waals surface area contributed by atoms with Crippen LogP contribution in [0.15, 0.2) is 72.6 Å². The molecule has 2 aromatic rings. The lowest BCUT2D eigenvalue weighted by molar-refractivity contribution is 0.0939. The van der Waals surface area contributed by atoms with E-state index in [1.165, 1.54) is 0 Å². The number of allylic oxidation sites excluding steroid dienone is 2. The highest BCUT2D eigenvalue weighted by Gasteiger charge is 2.13. The highest BCUT2D eigenvalue weighted by atomic mass is 16.1. The van der Waals surface area contributed by atoms with Crippen LogP contribution in [0.3, 0.4) is 0 Å². The molecule has 5 nitrogen and oxygen atoms in total. The molecular weight excluding hydrogens is 336 g/mol. The van der Waals surface area contributed by atoms with Crippen LogP contribution < -0.4 is 22.1 Å². The highest BCUT2D eigenvalue weighted by molar-refractivity contribution is 5.95. The van der Waals surface area contributed by atoms with Crippen LogP contribution in [0, 0.1) is 5.41 Å². The van der Waals surface area contributed by atoms with Crippen molar-refractivity contribution in [1.29, 1.82) is 0 Å². The summed E-state index contributed by atoms with van der Waals surface area (Å²) in [5.41, 5.74) is 15.0. The Morgan fingerprint density at radius 2 is 1.67 bits per heavy atom. The Kier molecular flexibility index (Phi) is 6.66. The van der Waals surface area contributed by atoms with E-state index in [0.29, 0.717) is 23.6 Å². The third kappa shape index (κ3) is 6.90. The molecule has 146 valence electrons. The number of carbonyl (C=O) groups is 1. The SMILES string of the molecule is CC(C)(C)CNC(=O)c1cccc(N/C(N)=C/C=C(\N)c2ccccc2)c1.[HH].[HH]. The molecular formula is C22H32N4O. The maximum Gasteiger partial charge on any atom is 0.251 e. The fraction of sp³-hybridized carbons (Fsp3) is 0.227. The number of hydrogen-bond donors (Lipinski definition) is 4. The largest absolute Gasteiger partial charge is 0.398 e. The number of hydrogen-bond acceptors (Lipinski definition) is 4. The van der Waals surface area contributed by atoms with Gasteiger partial charge in [0.2, 0.25) is 0 Å². The fourth-order valence-corrected chi connectivity index (χ4v) is 2.30. The van der Waals surface area contributed by atoms with E-state index in [4.69, 9.17) is 11.5 Å². The molecule has 0 aliphatic carbocycles. The van der Waals surface area contributed by atoms with Crippen molar-refractivity contribution in [3.63, 3.8) is 0 Å². The van der Waals surface area contributed by atoms with Crippen LogP contribution in [0.1, 0.15) is 39.5 Å². The molecule has 27 heavy (non-hydrogen) atoms. The van der Waals surface area contributed by atoms with E-state index < -0.39 is 0 Å². The predicted molar refractivity (Wildman–Crippen MR) is 117 cm³/mol. The molecule has 0 aromatic heterocycles. The average molecular weight is 369 g/mol. The Labute approximate surface area is 164 Å². The summed E-state index contributed by atoms with van der Waals surface area (Å²) in [6.45, 7) is 6.83. The Morgan fingerprint density at radius 3 is 2.33 bits per heavy atom. The number of carbonyl (C=O) groups excluding carboxylic acids is 1. The van der Waals surface area contributed by atoms with Gasteiger partial charge in [0.05, 0.1) is 0 Å². The number of amides is 1. The highest BCUT2D eigenvalue weighted by Crippen LogP contribution is 2.14. The van der Waals surface area contributed by atoms with Gasteiger partial charge in [0.1, 0.15) is 5.82 Å². The van der Waals surface area contributed by atoms with E-state index in [-0.39, 0.29) is 14.2 Å². The molecule has 0 heterocycles. The van der Waals surface area contributed by atoms with Crippen molar-refractivity contribution in [3.05, 3.63) is 83.7 Å². The molecule has 0 radical (unpaired) electrons. The van der Waals surface area contributed by atoms with Crippen LogP contribution in [-0.2, 0) is 0 Å². The van der Waals surface area contributed by atoms with Gasteiger partial charge >= 0.3 is 0 Å². The van der Waals surface area contributed by atoms with Crippen molar-refractivity contribution in [1.82, 2.24) is 5.32 Å². The monoisotopic (exact) mass is 368 g/mol. The van der Waals surface area contributed by atoms with E-state index in [2.05, 4.69) is 31.4 Å². The first-order valence-electron chi connectivity index (χ1n) is 8.88. The van der Waals surface area contributed by atoms with Gasteiger partial charge in [0.25, 0.3) is 5.91 Å². The number of benzene rings is 2. The van der Waals surface area contributed by atoms with Crippen molar-refractivity contribution in [3.8, 4) is 0 Å². The standard InChI is InChI=1S/C22H28N4O.2H2/c1-22(2,3)15-25-21(27)17-10-7-11-18(14-17)26-20(24)13-12-19(23)16-8-5-4-6-9-16;;/h4-14,26H,15,23-24H2,1-3H3,(H,25,27);2*1H/b19-12-,20-13+;;. The second kappa shape index (κ2) is 8.94. The second-order valence-electron chi connectivity index (χ2n) is 7.56. The molecule has 1 amide bonds. The lowest BCUT2D eigenvalue weighted by Gasteiger charge is -2.18. The second-order valence-corrected chi connectivity index (χ2v) is 7.56. The van der Waals surface area contributed by atoms with Crippen molar-refractivity contribution in [2.75, 3.05) is 11.9 Å². The van der Waals surface area contributed by atoms with Gasteiger partial charge in [-0.15, -0.1) is 0 Å². The van der Waals surface area contributed by atoms with Gasteiger partial charge < -0.3 is 22.1 Å². The zero-order chi connectivity index (χ0) is 19.9. The van der Waals surface area contributed by atoms with Gasteiger partial charge in [-0.1, -0.05) is 57.2 Å². The van der Waals surface area contributed by atoms with Gasteiger partial charge in [0.15, 0.2) is 0 Å². The first-order chi connectivity index (χ1) is 12.7. The Hall–Kier alpha value is -3.21. The lowest BCUT2D eigenvalue weighted by atomic mass is 9.97. The Balaban J connectivity index is 0.00000392. The molecule has 2 rings (SSSR count). The molecule has 5 heteroatoms. The zero-order valence-corrected chi connectivity index (χ0v) is 16.1. The molecule has 0 atom stereocenters. The number of anilines is 1. The summed E-state index contributed by atoms with van der Waals surface area (Å²) >= 11 is 0. The molecule has 6 N–H and O–H groups in total. The fourth-order valence-electron chi connectivity index (χ4n) is 2.30. The number of rotatable bonds is 6. The minimum absolute atomic E-state index is 0. The molecule has 2 aromatic carbocycles. The van der Waals surface area contributed by atoms with Crippen LogP contribution in [-0.4, -0.2) is 12.5 Å². The van der Waals surface area contributed by atoms with Gasteiger partial charge in [-0.2, -0.15) is 0 Å². The zero-order valence-electron chi connectivity index (χ0n) is 16.1. The lowest BCUT2D eigenvalue weighted by Crippen LogP contribution is -2.32. The van der Waals surface area contributed by atoms with E-state index >= 15 is 0 Å². The summed E-state index contributed by atoms with van der Waals surface area (Å²) in [7, 11) is 0. The number of nitrogens with two attached hydrogens (primary N) is 2. The maximum atomic E-state index is 12.3. The number of nitrogens with one attached hydrogen (secondary N) is 2. The first-order valence-corrected chi connectivity index (χ1v) is 8.88. The van der Waals surface area contributed by atoms with Crippen molar-refractivity contribution >= 4 is 17.3 Å². The smallest absolute Gasteiger partial charge is 0.251 e. The molecule has 0 bridgehead atoms. The predicted octanol–water partition coefficient (Wildman–Crippen LogP) is 4.17. The van der Waals surface area contributed by atoms with Crippen molar-refractivity contribution < 1.29 is 7.65 Å². The summed E-state index contributed by atoms with van der Waals surface area (Å²) in [6, 6.07) is 16.9. The minimum atomic E-state index is -0.107. The van der Waals surface area contributed by atoms with E-state index in [1.54, 1.807) is 24.3 Å². The van der Waals surface area contributed by atoms with Crippen LogP contribution in [0.5, 0.6) is 0 Å². The summed E-state index contributed by atoms with van der Waals surface area (Å²) in [5, 5.41) is 6.01. The summed E-state index contributed by atoms with van der Waals surface area (Å²) < 4.78 is 0. The molecule has 0 fully saturated rings. The van der Waals surface area contributed by atoms with Crippen LogP contribution in [0.25, 0.3) is 5.70 Å².